The van der Waals surface area contributed by atoms with E-state index in [-0.39, 0.29) is 0 Å². The van der Waals surface area contributed by atoms with E-state index in [1.165, 1.54) is 12.8 Å². The number of hydrogen-bond acceptors (Lipinski definition) is 3. The van der Waals surface area contributed by atoms with Gasteiger partial charge in [0.1, 0.15) is 11.6 Å². The molecule has 0 bridgehead atoms. The molecule has 3 rings (SSSR count). The number of methoxy groups -OCH3 is 1. The SMILES string of the molecule is COc1ccccc1-c1c(C2CC2)nn(C)c1N. The summed E-state index contributed by atoms with van der Waals surface area (Å²) in [5, 5.41) is 4.56. The molecule has 2 N–H and O–H groups in total. The zero-order valence-electron chi connectivity index (χ0n) is 10.7. The van der Waals surface area contributed by atoms with E-state index in [9.17, 15) is 0 Å². The predicted octanol–water partition coefficient (Wildman–Crippen LogP) is 2.56. The standard InChI is InChI=1S/C14H17N3O/c1-17-14(15)12(13(16-17)9-7-8-9)10-5-3-4-6-11(10)18-2/h3-6,9H,7-8,15H2,1-2H3. The third-order valence-electron chi connectivity index (χ3n) is 3.46. The second-order valence-corrected chi connectivity index (χ2v) is 4.74. The van der Waals surface area contributed by atoms with Crippen molar-refractivity contribution in [2.45, 2.75) is 18.8 Å². The van der Waals surface area contributed by atoms with E-state index in [1.54, 1.807) is 11.8 Å². The molecular formula is C14H17N3O. The molecule has 4 nitrogen and oxygen atoms in total. The van der Waals surface area contributed by atoms with Crippen molar-refractivity contribution in [1.82, 2.24) is 9.78 Å². The van der Waals surface area contributed by atoms with Crippen LogP contribution >= 0.6 is 0 Å². The molecule has 94 valence electrons. The molecule has 0 radical (unpaired) electrons. The van der Waals surface area contributed by atoms with E-state index < -0.39 is 0 Å². The first-order valence-corrected chi connectivity index (χ1v) is 6.18. The summed E-state index contributed by atoms with van der Waals surface area (Å²) in [7, 11) is 3.57. The molecule has 18 heavy (non-hydrogen) atoms. The highest BCUT2D eigenvalue weighted by atomic mass is 16.5. The van der Waals surface area contributed by atoms with E-state index in [0.29, 0.717) is 11.7 Å². The van der Waals surface area contributed by atoms with Crippen LogP contribution in [0.3, 0.4) is 0 Å². The first-order chi connectivity index (χ1) is 8.72. The Kier molecular flexibility index (Phi) is 2.51. The van der Waals surface area contributed by atoms with Gasteiger partial charge in [-0.2, -0.15) is 5.10 Å². The molecule has 0 saturated heterocycles. The average Bonchev–Trinajstić information content (AvgIpc) is 3.18. The lowest BCUT2D eigenvalue weighted by atomic mass is 10.0. The fourth-order valence-electron chi connectivity index (χ4n) is 2.33. The maximum absolute atomic E-state index is 6.17. The molecule has 4 heteroatoms. The number of para-hydroxylation sites is 1. The maximum Gasteiger partial charge on any atom is 0.129 e. The summed E-state index contributed by atoms with van der Waals surface area (Å²) >= 11 is 0. The van der Waals surface area contributed by atoms with Crippen molar-refractivity contribution in [3.63, 3.8) is 0 Å². The highest BCUT2D eigenvalue weighted by Crippen LogP contribution is 2.47. The minimum atomic E-state index is 0.563. The Hall–Kier alpha value is -1.97. The monoisotopic (exact) mass is 243 g/mol. The van der Waals surface area contributed by atoms with Gasteiger partial charge in [0.05, 0.1) is 18.4 Å². The van der Waals surface area contributed by atoms with Crippen LogP contribution in [0, 0.1) is 0 Å². The third-order valence-corrected chi connectivity index (χ3v) is 3.46. The second-order valence-electron chi connectivity index (χ2n) is 4.74. The minimum absolute atomic E-state index is 0.563. The number of nitrogen functional groups attached to an aromatic ring is 1. The number of benzene rings is 1. The molecule has 0 atom stereocenters. The van der Waals surface area contributed by atoms with Crippen molar-refractivity contribution in [2.75, 3.05) is 12.8 Å². The first-order valence-electron chi connectivity index (χ1n) is 6.18. The molecular weight excluding hydrogens is 226 g/mol. The average molecular weight is 243 g/mol. The van der Waals surface area contributed by atoms with Gasteiger partial charge in [-0.25, -0.2) is 0 Å². The highest BCUT2D eigenvalue weighted by Gasteiger charge is 2.32. The Labute approximate surface area is 106 Å². The van der Waals surface area contributed by atoms with Crippen LogP contribution in [0.4, 0.5) is 5.82 Å². The van der Waals surface area contributed by atoms with Gasteiger partial charge in [0.15, 0.2) is 0 Å². The van der Waals surface area contributed by atoms with Crippen LogP contribution in [0.5, 0.6) is 5.75 Å². The van der Waals surface area contributed by atoms with Crippen molar-refractivity contribution < 1.29 is 4.74 Å². The van der Waals surface area contributed by atoms with Gasteiger partial charge in [-0.15, -0.1) is 0 Å². The zero-order chi connectivity index (χ0) is 12.7. The number of anilines is 1. The van der Waals surface area contributed by atoms with Crippen LogP contribution in [-0.2, 0) is 7.05 Å². The third kappa shape index (κ3) is 1.65. The topological polar surface area (TPSA) is 53.1 Å². The van der Waals surface area contributed by atoms with Crippen LogP contribution in [0.25, 0.3) is 11.1 Å². The number of nitrogens with zero attached hydrogens (tertiary/aromatic N) is 2. The number of aryl methyl sites for hydroxylation is 1. The van der Waals surface area contributed by atoms with Gasteiger partial charge in [-0.1, -0.05) is 18.2 Å². The largest absolute Gasteiger partial charge is 0.496 e. The lowest BCUT2D eigenvalue weighted by Crippen LogP contribution is -1.98. The Morgan fingerprint density at radius 3 is 2.72 bits per heavy atom. The van der Waals surface area contributed by atoms with Gasteiger partial charge in [0, 0.05) is 18.5 Å². The Bertz CT molecular complexity index is 585. The highest BCUT2D eigenvalue weighted by molar-refractivity contribution is 5.81. The normalized spacial score (nSPS) is 14.8. The van der Waals surface area contributed by atoms with E-state index in [2.05, 4.69) is 5.10 Å². The van der Waals surface area contributed by atoms with Crippen molar-refractivity contribution in [2.24, 2.45) is 7.05 Å². The predicted molar refractivity (Wildman–Crippen MR) is 71.6 cm³/mol. The molecule has 1 aromatic heterocycles. The summed E-state index contributed by atoms with van der Waals surface area (Å²) < 4.78 is 7.19. The summed E-state index contributed by atoms with van der Waals surface area (Å²) in [5.41, 5.74) is 9.35. The van der Waals surface area contributed by atoms with Crippen LogP contribution < -0.4 is 10.5 Å². The van der Waals surface area contributed by atoms with Gasteiger partial charge >= 0.3 is 0 Å². The molecule has 1 fully saturated rings. The number of rotatable bonds is 3. The van der Waals surface area contributed by atoms with Crippen molar-refractivity contribution in [3.05, 3.63) is 30.0 Å². The van der Waals surface area contributed by atoms with Crippen LogP contribution in [0.15, 0.2) is 24.3 Å². The van der Waals surface area contributed by atoms with Gasteiger partial charge in [0.2, 0.25) is 0 Å². The van der Waals surface area contributed by atoms with E-state index in [1.807, 2.05) is 31.3 Å². The van der Waals surface area contributed by atoms with E-state index >= 15 is 0 Å². The summed E-state index contributed by atoms with van der Waals surface area (Å²) in [4.78, 5) is 0. The molecule has 0 aliphatic heterocycles. The van der Waals surface area contributed by atoms with Crippen LogP contribution in [0.1, 0.15) is 24.5 Å². The van der Waals surface area contributed by atoms with Crippen molar-refractivity contribution in [3.8, 4) is 16.9 Å². The molecule has 2 aromatic rings. The zero-order valence-corrected chi connectivity index (χ0v) is 10.7. The summed E-state index contributed by atoms with van der Waals surface area (Å²) in [6.45, 7) is 0. The maximum atomic E-state index is 6.17. The molecule has 0 unspecified atom stereocenters. The lowest BCUT2D eigenvalue weighted by Gasteiger charge is -2.09. The van der Waals surface area contributed by atoms with Crippen LogP contribution in [-0.4, -0.2) is 16.9 Å². The second kappa shape index (κ2) is 4.05. The Balaban J connectivity index is 2.21. The molecule has 1 aliphatic carbocycles. The van der Waals surface area contributed by atoms with Gasteiger partial charge in [0.25, 0.3) is 0 Å². The summed E-state index contributed by atoms with van der Waals surface area (Å²) in [6, 6.07) is 7.96. The van der Waals surface area contributed by atoms with E-state index in [4.69, 9.17) is 10.5 Å². The number of nitrogens with two attached hydrogens (primary N) is 1. The molecule has 0 spiro atoms. The van der Waals surface area contributed by atoms with Gasteiger partial charge in [-0.3, -0.25) is 4.68 Å². The quantitative estimate of drug-likeness (QED) is 0.901. The molecule has 0 amide bonds. The summed E-state index contributed by atoms with van der Waals surface area (Å²) in [5.74, 6) is 2.12. The Morgan fingerprint density at radius 2 is 2.06 bits per heavy atom. The Morgan fingerprint density at radius 1 is 1.33 bits per heavy atom. The fraction of sp³-hybridized carbons (Fsp3) is 0.357. The van der Waals surface area contributed by atoms with E-state index in [0.717, 1.165) is 22.6 Å². The fourth-order valence-corrected chi connectivity index (χ4v) is 2.33. The van der Waals surface area contributed by atoms with Crippen molar-refractivity contribution in [1.29, 1.82) is 0 Å². The van der Waals surface area contributed by atoms with Gasteiger partial charge < -0.3 is 10.5 Å². The number of hydrogen-bond donors (Lipinski definition) is 1. The molecule has 1 aliphatic rings. The lowest BCUT2D eigenvalue weighted by molar-refractivity contribution is 0.416. The number of aromatic nitrogens is 2. The summed E-state index contributed by atoms with van der Waals surface area (Å²) in [6.07, 6.45) is 2.41. The molecule has 1 heterocycles. The first kappa shape index (κ1) is 11.1. The van der Waals surface area contributed by atoms with Crippen molar-refractivity contribution >= 4 is 5.82 Å². The molecule has 1 aromatic carbocycles. The number of ether oxygens (including phenoxy) is 1. The van der Waals surface area contributed by atoms with Gasteiger partial charge in [-0.05, 0) is 18.9 Å². The van der Waals surface area contributed by atoms with Crippen LogP contribution in [0.2, 0.25) is 0 Å². The molecule has 1 saturated carbocycles. The minimum Gasteiger partial charge on any atom is -0.496 e. The smallest absolute Gasteiger partial charge is 0.129 e.